The number of carbonyl (C=O) groups is 1. The number of benzene rings is 2. The van der Waals surface area contributed by atoms with Crippen LogP contribution in [0.4, 0.5) is 5.82 Å². The first kappa shape index (κ1) is 21.1. The predicted molar refractivity (Wildman–Crippen MR) is 120 cm³/mol. The van der Waals surface area contributed by atoms with Crippen molar-refractivity contribution in [1.82, 2.24) is 9.97 Å². The molecule has 0 spiro atoms. The maximum atomic E-state index is 10.6. The van der Waals surface area contributed by atoms with E-state index < -0.39 is 5.97 Å². The highest BCUT2D eigenvalue weighted by atomic mass is 16.4. The zero-order valence-corrected chi connectivity index (χ0v) is 17.3. The number of anilines is 1. The zero-order chi connectivity index (χ0) is 21.5. The Morgan fingerprint density at radius 2 is 1.43 bits per heavy atom. The van der Waals surface area contributed by atoms with E-state index in [4.69, 9.17) is 15.8 Å². The average Bonchev–Trinajstić information content (AvgIpc) is 2.72. The van der Waals surface area contributed by atoms with Crippen LogP contribution in [0.2, 0.25) is 0 Å². The topological polar surface area (TPSA) is 89.1 Å². The summed E-state index contributed by atoms with van der Waals surface area (Å²) in [5.41, 5.74) is 12.3. The number of hydrogen-bond acceptors (Lipinski definition) is 4. The van der Waals surface area contributed by atoms with Crippen molar-refractivity contribution in [2.45, 2.75) is 39.5 Å². The molecule has 0 aliphatic rings. The molecule has 5 heteroatoms. The molecule has 0 aliphatic heterocycles. The van der Waals surface area contributed by atoms with Gasteiger partial charge in [0, 0.05) is 24.0 Å². The van der Waals surface area contributed by atoms with E-state index in [1.807, 2.05) is 62.4 Å². The van der Waals surface area contributed by atoms with Crippen molar-refractivity contribution in [3.05, 3.63) is 65.4 Å². The highest BCUT2D eigenvalue weighted by Crippen LogP contribution is 2.31. The van der Waals surface area contributed by atoms with Gasteiger partial charge in [-0.05, 0) is 32.6 Å². The molecule has 5 nitrogen and oxygen atoms in total. The lowest BCUT2D eigenvalue weighted by atomic mass is 10.0. The third kappa shape index (κ3) is 5.45. The summed E-state index contributed by atoms with van der Waals surface area (Å²) in [4.78, 5) is 20.0. The van der Waals surface area contributed by atoms with Gasteiger partial charge in [0.2, 0.25) is 0 Å². The van der Waals surface area contributed by atoms with Gasteiger partial charge in [-0.3, -0.25) is 4.79 Å². The highest BCUT2D eigenvalue weighted by molar-refractivity contribution is 5.80. The van der Waals surface area contributed by atoms with Crippen LogP contribution in [0.15, 0.2) is 48.5 Å². The van der Waals surface area contributed by atoms with E-state index in [1.165, 1.54) is 11.1 Å². The van der Waals surface area contributed by atoms with Crippen LogP contribution in [0, 0.1) is 25.7 Å². The Bertz CT molecular complexity index is 1090. The number of carboxylic acid groups (broad SMARTS) is 1. The van der Waals surface area contributed by atoms with Crippen LogP contribution in [-0.2, 0) is 4.79 Å². The van der Waals surface area contributed by atoms with Gasteiger partial charge in [0.15, 0.2) is 11.5 Å². The minimum absolute atomic E-state index is 0.159. The highest BCUT2D eigenvalue weighted by Gasteiger charge is 2.14. The smallest absolute Gasteiger partial charge is 0.303 e. The number of nitrogens with two attached hydrogens (primary N) is 1. The van der Waals surface area contributed by atoms with E-state index in [9.17, 15) is 4.79 Å². The summed E-state index contributed by atoms with van der Waals surface area (Å²) < 4.78 is 0. The summed E-state index contributed by atoms with van der Waals surface area (Å²) in [6.07, 6.45) is 2.07. The van der Waals surface area contributed by atoms with Gasteiger partial charge in [-0.1, -0.05) is 65.6 Å². The van der Waals surface area contributed by atoms with Crippen LogP contribution < -0.4 is 5.73 Å². The lowest BCUT2D eigenvalue weighted by molar-refractivity contribution is -0.137. The van der Waals surface area contributed by atoms with E-state index in [1.54, 1.807) is 0 Å². The number of unbranched alkanes of at least 4 members (excludes halogenated alkanes) is 2. The molecule has 3 N–H and O–H groups in total. The van der Waals surface area contributed by atoms with Crippen molar-refractivity contribution in [2.24, 2.45) is 0 Å². The minimum atomic E-state index is -0.785. The Morgan fingerprint density at radius 3 is 1.97 bits per heavy atom. The molecule has 0 radical (unpaired) electrons. The summed E-state index contributed by atoms with van der Waals surface area (Å²) in [6, 6.07) is 16.2. The van der Waals surface area contributed by atoms with Gasteiger partial charge >= 0.3 is 5.97 Å². The second kappa shape index (κ2) is 9.71. The van der Waals surface area contributed by atoms with E-state index in [0.717, 1.165) is 28.9 Å². The van der Waals surface area contributed by atoms with Gasteiger partial charge in [-0.15, -0.1) is 0 Å². The van der Waals surface area contributed by atoms with Crippen molar-refractivity contribution in [3.8, 4) is 34.4 Å². The zero-order valence-electron chi connectivity index (χ0n) is 17.3. The Kier molecular flexibility index (Phi) is 6.82. The fraction of sp³-hybridized carbons (Fsp3) is 0.240. The molecule has 0 fully saturated rings. The molecular weight excluding hydrogens is 374 g/mol. The number of aromatic nitrogens is 2. The van der Waals surface area contributed by atoms with E-state index in [-0.39, 0.29) is 6.42 Å². The fourth-order valence-corrected chi connectivity index (χ4v) is 3.00. The van der Waals surface area contributed by atoms with Crippen molar-refractivity contribution in [3.63, 3.8) is 0 Å². The maximum absolute atomic E-state index is 10.6. The Labute approximate surface area is 177 Å². The first-order chi connectivity index (χ1) is 14.4. The minimum Gasteiger partial charge on any atom is -0.481 e. The summed E-state index contributed by atoms with van der Waals surface area (Å²) in [5.74, 6) is 5.57. The van der Waals surface area contributed by atoms with Gasteiger partial charge in [0.25, 0.3) is 0 Å². The monoisotopic (exact) mass is 399 g/mol. The van der Waals surface area contributed by atoms with Gasteiger partial charge in [-0.25, -0.2) is 9.97 Å². The Hall–Kier alpha value is -3.65. The molecule has 3 rings (SSSR count). The molecular formula is C25H25N3O2. The number of aliphatic carboxylic acids is 1. The molecule has 0 amide bonds. The first-order valence-electron chi connectivity index (χ1n) is 9.96. The molecule has 152 valence electrons. The van der Waals surface area contributed by atoms with Crippen molar-refractivity contribution in [1.29, 1.82) is 0 Å². The molecule has 0 saturated carbocycles. The molecule has 1 heterocycles. The predicted octanol–water partition coefficient (Wildman–Crippen LogP) is 5.01. The standard InChI is InChI=1S/C25H25N3O2/c1-17-9-13-19(14-10-17)23-24(20-15-11-18(2)12-16-20)28-25(26)21(27-23)7-5-3-4-6-8-22(29)30/h9-16H,3-4,6,8H2,1-2H3,(H2,26,28)(H,29,30). The molecule has 0 saturated heterocycles. The SMILES string of the molecule is Cc1ccc(-c2nc(N)c(C#CCCCCC(=O)O)nc2-c2ccc(C)cc2)cc1. The Balaban J connectivity index is 1.96. The van der Waals surface area contributed by atoms with Crippen LogP contribution in [-0.4, -0.2) is 21.0 Å². The van der Waals surface area contributed by atoms with Crippen molar-refractivity contribution in [2.75, 3.05) is 5.73 Å². The van der Waals surface area contributed by atoms with Crippen molar-refractivity contribution < 1.29 is 9.90 Å². The Morgan fingerprint density at radius 1 is 0.900 bits per heavy atom. The third-order valence-corrected chi connectivity index (χ3v) is 4.72. The number of hydrogen-bond donors (Lipinski definition) is 2. The second-order valence-corrected chi connectivity index (χ2v) is 7.29. The van der Waals surface area contributed by atoms with Crippen LogP contribution in [0.25, 0.3) is 22.5 Å². The lowest BCUT2D eigenvalue weighted by Crippen LogP contribution is -2.03. The molecule has 0 bridgehead atoms. The average molecular weight is 399 g/mol. The summed E-state index contributed by atoms with van der Waals surface area (Å²) in [6.45, 7) is 4.08. The molecule has 30 heavy (non-hydrogen) atoms. The number of carboxylic acids is 1. The van der Waals surface area contributed by atoms with Gasteiger partial charge in [-0.2, -0.15) is 0 Å². The number of nitrogens with zero attached hydrogens (tertiary/aromatic N) is 2. The molecule has 3 aromatic rings. The quantitative estimate of drug-likeness (QED) is 0.449. The lowest BCUT2D eigenvalue weighted by Gasteiger charge is -2.11. The third-order valence-electron chi connectivity index (χ3n) is 4.72. The second-order valence-electron chi connectivity index (χ2n) is 7.29. The van der Waals surface area contributed by atoms with Crippen LogP contribution in [0.5, 0.6) is 0 Å². The normalized spacial score (nSPS) is 10.3. The summed E-state index contributed by atoms with van der Waals surface area (Å²) in [7, 11) is 0. The largest absolute Gasteiger partial charge is 0.481 e. The van der Waals surface area contributed by atoms with Gasteiger partial charge < -0.3 is 10.8 Å². The molecule has 0 atom stereocenters. The molecule has 2 aromatic carbocycles. The van der Waals surface area contributed by atoms with Crippen LogP contribution in [0.3, 0.4) is 0 Å². The number of aryl methyl sites for hydroxylation is 2. The number of rotatable bonds is 6. The number of nitrogen functional groups attached to an aromatic ring is 1. The van der Waals surface area contributed by atoms with Gasteiger partial charge in [0.05, 0.1) is 11.4 Å². The van der Waals surface area contributed by atoms with E-state index >= 15 is 0 Å². The van der Waals surface area contributed by atoms with Gasteiger partial charge in [0.1, 0.15) is 0 Å². The fourth-order valence-electron chi connectivity index (χ4n) is 3.00. The molecule has 0 unspecified atom stereocenters. The molecule has 1 aromatic heterocycles. The maximum Gasteiger partial charge on any atom is 0.303 e. The van der Waals surface area contributed by atoms with Crippen LogP contribution in [0.1, 0.15) is 42.5 Å². The van der Waals surface area contributed by atoms with E-state index in [2.05, 4.69) is 16.8 Å². The summed E-state index contributed by atoms with van der Waals surface area (Å²) in [5, 5.41) is 8.70. The first-order valence-corrected chi connectivity index (χ1v) is 9.96. The van der Waals surface area contributed by atoms with E-state index in [0.29, 0.717) is 24.4 Å². The molecule has 0 aliphatic carbocycles. The summed E-state index contributed by atoms with van der Waals surface area (Å²) >= 11 is 0. The van der Waals surface area contributed by atoms with Crippen molar-refractivity contribution >= 4 is 11.8 Å². The van der Waals surface area contributed by atoms with Crippen LogP contribution >= 0.6 is 0 Å².